The van der Waals surface area contributed by atoms with E-state index in [4.69, 9.17) is 10.3 Å². The summed E-state index contributed by atoms with van der Waals surface area (Å²) in [5.74, 6) is 0.886. The molecule has 1 fully saturated rings. The van der Waals surface area contributed by atoms with Crippen molar-refractivity contribution < 1.29 is 4.52 Å². The molecule has 0 aromatic carbocycles. The van der Waals surface area contributed by atoms with Crippen molar-refractivity contribution in [3.05, 3.63) is 17.5 Å². The van der Waals surface area contributed by atoms with E-state index in [1.165, 1.54) is 12.8 Å². The predicted octanol–water partition coefficient (Wildman–Crippen LogP) is 2.81. The second-order valence-electron chi connectivity index (χ2n) is 4.81. The predicted molar refractivity (Wildman–Crippen MR) is 62.3 cm³/mol. The van der Waals surface area contributed by atoms with Gasteiger partial charge in [-0.2, -0.15) is 0 Å². The summed E-state index contributed by atoms with van der Waals surface area (Å²) in [5, 5.41) is 4.95. The molecule has 2 aromatic heterocycles. The molecule has 4 nitrogen and oxygen atoms in total. The van der Waals surface area contributed by atoms with Gasteiger partial charge in [0, 0.05) is 17.3 Å². The number of fused-ring (bicyclic) bond motifs is 1. The van der Waals surface area contributed by atoms with E-state index in [0.717, 1.165) is 22.5 Å². The minimum Gasteiger partial charge on any atom is -0.398 e. The van der Waals surface area contributed by atoms with E-state index >= 15 is 0 Å². The topological polar surface area (TPSA) is 64.9 Å². The van der Waals surface area contributed by atoms with Crippen LogP contribution < -0.4 is 5.73 Å². The van der Waals surface area contributed by atoms with Crippen molar-refractivity contribution in [2.24, 2.45) is 0 Å². The molecule has 0 amide bonds. The van der Waals surface area contributed by atoms with Gasteiger partial charge < -0.3 is 10.3 Å². The fraction of sp³-hybridized carbons (Fsp3) is 0.500. The van der Waals surface area contributed by atoms with Crippen LogP contribution in [-0.2, 0) is 0 Å². The first kappa shape index (κ1) is 9.63. The summed E-state index contributed by atoms with van der Waals surface area (Å²) < 4.78 is 5.27. The molecule has 16 heavy (non-hydrogen) atoms. The number of aromatic nitrogens is 2. The minimum atomic E-state index is 0.303. The zero-order chi connectivity index (χ0) is 11.3. The molecule has 1 saturated carbocycles. The van der Waals surface area contributed by atoms with Gasteiger partial charge >= 0.3 is 0 Å². The number of nitrogen functional groups attached to an aromatic ring is 1. The molecule has 0 atom stereocenters. The van der Waals surface area contributed by atoms with Crippen molar-refractivity contribution in [3.8, 4) is 0 Å². The number of hydrogen-bond donors (Lipinski definition) is 1. The number of anilines is 1. The molecular formula is C12H15N3O. The molecule has 0 saturated heterocycles. The van der Waals surface area contributed by atoms with E-state index in [1.807, 2.05) is 6.07 Å². The lowest BCUT2D eigenvalue weighted by molar-refractivity contribution is 0.434. The first-order valence-electron chi connectivity index (χ1n) is 5.72. The Balaban J connectivity index is 2.21. The standard InChI is InChI=1S/C12H15N3O/c1-6(2)11-10-8(13)5-9(7-3-4-7)14-12(10)16-15-11/h5-7H,3-4H2,1-2H3,(H2,13,14). The Bertz CT molecular complexity index is 540. The molecule has 2 N–H and O–H groups in total. The molecule has 0 bridgehead atoms. The highest BCUT2D eigenvalue weighted by Crippen LogP contribution is 2.41. The van der Waals surface area contributed by atoms with Crippen LogP contribution in [0, 0.1) is 0 Å². The molecule has 2 aromatic rings. The monoisotopic (exact) mass is 217 g/mol. The Morgan fingerprint density at radius 2 is 2.19 bits per heavy atom. The van der Waals surface area contributed by atoms with Crippen LogP contribution in [0.2, 0.25) is 0 Å². The highest BCUT2D eigenvalue weighted by Gasteiger charge is 2.27. The normalized spacial score (nSPS) is 16.2. The van der Waals surface area contributed by atoms with E-state index < -0.39 is 0 Å². The van der Waals surface area contributed by atoms with Gasteiger partial charge in [-0.25, -0.2) is 4.98 Å². The molecule has 84 valence electrons. The fourth-order valence-corrected chi connectivity index (χ4v) is 2.00. The summed E-state index contributed by atoms with van der Waals surface area (Å²) in [6.45, 7) is 4.15. The Morgan fingerprint density at radius 1 is 1.44 bits per heavy atom. The lowest BCUT2D eigenvalue weighted by Crippen LogP contribution is -1.95. The van der Waals surface area contributed by atoms with Crippen LogP contribution in [0.4, 0.5) is 5.69 Å². The molecule has 0 spiro atoms. The van der Waals surface area contributed by atoms with Crippen LogP contribution in [0.25, 0.3) is 11.1 Å². The van der Waals surface area contributed by atoms with Gasteiger partial charge in [0.2, 0.25) is 0 Å². The molecule has 1 aliphatic carbocycles. The van der Waals surface area contributed by atoms with E-state index in [9.17, 15) is 0 Å². The van der Waals surface area contributed by atoms with Gasteiger partial charge in [0.25, 0.3) is 5.71 Å². The number of nitrogens with zero attached hydrogens (tertiary/aromatic N) is 2. The SMILES string of the molecule is CC(C)c1noc2nc(C3CC3)cc(N)c12. The summed E-state index contributed by atoms with van der Waals surface area (Å²) in [7, 11) is 0. The zero-order valence-electron chi connectivity index (χ0n) is 9.53. The third-order valence-electron chi connectivity index (χ3n) is 3.07. The Labute approximate surface area is 93.8 Å². The first-order valence-corrected chi connectivity index (χ1v) is 5.72. The first-order chi connectivity index (χ1) is 7.66. The molecule has 2 heterocycles. The highest BCUT2D eigenvalue weighted by molar-refractivity contribution is 5.89. The molecule has 0 radical (unpaired) electrons. The maximum Gasteiger partial charge on any atom is 0.260 e. The maximum atomic E-state index is 6.07. The second-order valence-corrected chi connectivity index (χ2v) is 4.81. The molecule has 3 rings (SSSR count). The molecule has 4 heteroatoms. The third kappa shape index (κ3) is 1.37. The largest absolute Gasteiger partial charge is 0.398 e. The highest BCUT2D eigenvalue weighted by atomic mass is 16.5. The van der Waals surface area contributed by atoms with Crippen LogP contribution in [0.3, 0.4) is 0 Å². The number of pyridine rings is 1. The molecule has 0 aliphatic heterocycles. The number of rotatable bonds is 2. The van der Waals surface area contributed by atoms with Crippen LogP contribution in [0.5, 0.6) is 0 Å². The molecular weight excluding hydrogens is 202 g/mol. The van der Waals surface area contributed by atoms with Crippen LogP contribution in [0.15, 0.2) is 10.6 Å². The van der Waals surface area contributed by atoms with Gasteiger partial charge in [-0.15, -0.1) is 0 Å². The van der Waals surface area contributed by atoms with Crippen LogP contribution >= 0.6 is 0 Å². The van der Waals surface area contributed by atoms with Crippen molar-refractivity contribution in [2.45, 2.75) is 38.5 Å². The van der Waals surface area contributed by atoms with Crippen molar-refractivity contribution in [3.63, 3.8) is 0 Å². The van der Waals surface area contributed by atoms with E-state index in [0.29, 0.717) is 17.5 Å². The average molecular weight is 217 g/mol. The Hall–Kier alpha value is -1.58. The second kappa shape index (κ2) is 3.20. The van der Waals surface area contributed by atoms with Crippen molar-refractivity contribution >= 4 is 16.8 Å². The van der Waals surface area contributed by atoms with Crippen molar-refractivity contribution in [2.75, 3.05) is 5.73 Å². The summed E-state index contributed by atoms with van der Waals surface area (Å²) >= 11 is 0. The summed E-state index contributed by atoms with van der Waals surface area (Å²) in [4.78, 5) is 4.49. The third-order valence-corrected chi connectivity index (χ3v) is 3.07. The quantitative estimate of drug-likeness (QED) is 0.840. The van der Waals surface area contributed by atoms with Gasteiger partial charge in [-0.05, 0) is 24.8 Å². The lowest BCUT2D eigenvalue weighted by Gasteiger charge is -2.03. The van der Waals surface area contributed by atoms with Gasteiger partial charge in [-0.1, -0.05) is 19.0 Å². The van der Waals surface area contributed by atoms with Crippen molar-refractivity contribution in [1.82, 2.24) is 10.1 Å². The van der Waals surface area contributed by atoms with Gasteiger partial charge in [0.15, 0.2) is 0 Å². The minimum absolute atomic E-state index is 0.303. The van der Waals surface area contributed by atoms with Crippen LogP contribution in [0.1, 0.15) is 49.9 Å². The zero-order valence-corrected chi connectivity index (χ0v) is 9.53. The van der Waals surface area contributed by atoms with E-state index in [1.54, 1.807) is 0 Å². The number of nitrogens with two attached hydrogens (primary N) is 1. The van der Waals surface area contributed by atoms with Crippen LogP contribution in [-0.4, -0.2) is 10.1 Å². The van der Waals surface area contributed by atoms with E-state index in [2.05, 4.69) is 24.0 Å². The Morgan fingerprint density at radius 3 is 2.81 bits per heavy atom. The van der Waals surface area contributed by atoms with Crippen molar-refractivity contribution in [1.29, 1.82) is 0 Å². The molecule has 1 aliphatic rings. The smallest absolute Gasteiger partial charge is 0.260 e. The fourth-order valence-electron chi connectivity index (χ4n) is 2.00. The summed E-state index contributed by atoms with van der Waals surface area (Å²) in [5.41, 5.74) is 9.36. The van der Waals surface area contributed by atoms with Gasteiger partial charge in [-0.3, -0.25) is 0 Å². The van der Waals surface area contributed by atoms with Gasteiger partial charge in [0.1, 0.15) is 0 Å². The maximum absolute atomic E-state index is 6.07. The van der Waals surface area contributed by atoms with Gasteiger partial charge in [0.05, 0.1) is 11.1 Å². The average Bonchev–Trinajstić information content (AvgIpc) is 2.98. The Kier molecular flexibility index (Phi) is 1.93. The lowest BCUT2D eigenvalue weighted by atomic mass is 10.1. The number of hydrogen-bond acceptors (Lipinski definition) is 4. The molecule has 0 unspecified atom stereocenters. The summed E-state index contributed by atoms with van der Waals surface area (Å²) in [6.07, 6.45) is 2.42. The van der Waals surface area contributed by atoms with E-state index in [-0.39, 0.29) is 0 Å². The summed E-state index contributed by atoms with van der Waals surface area (Å²) in [6, 6.07) is 1.98.